The van der Waals surface area contributed by atoms with Crippen LogP contribution in [0.4, 0.5) is 11.4 Å². The van der Waals surface area contributed by atoms with Crippen LogP contribution >= 0.6 is 0 Å². The van der Waals surface area contributed by atoms with Crippen molar-refractivity contribution in [3.8, 4) is 0 Å². The first-order chi connectivity index (χ1) is 11.8. The van der Waals surface area contributed by atoms with Crippen LogP contribution in [0.1, 0.15) is 10.4 Å². The molecule has 0 radical (unpaired) electrons. The molecule has 8 nitrogen and oxygen atoms in total. The zero-order valence-electron chi connectivity index (χ0n) is 13.0. The fourth-order valence-electron chi connectivity index (χ4n) is 1.91. The van der Waals surface area contributed by atoms with Crippen molar-refractivity contribution in [3.05, 3.63) is 76.9 Å². The van der Waals surface area contributed by atoms with Gasteiger partial charge in [0, 0.05) is 29.9 Å². The van der Waals surface area contributed by atoms with E-state index in [0.717, 1.165) is 0 Å². The van der Waals surface area contributed by atoms with Gasteiger partial charge in [0.15, 0.2) is 0 Å². The van der Waals surface area contributed by atoms with Gasteiger partial charge in [-0.2, -0.15) is 0 Å². The molecule has 0 saturated heterocycles. The Labute approximate surface area is 144 Å². The first kappa shape index (κ1) is 18.3. The van der Waals surface area contributed by atoms with Gasteiger partial charge in [-0.25, -0.2) is 13.1 Å². The highest BCUT2D eigenvalue weighted by Gasteiger charge is 2.13. The Balaban J connectivity index is 2.09. The molecule has 25 heavy (non-hydrogen) atoms. The van der Waals surface area contributed by atoms with Crippen molar-refractivity contribution in [2.45, 2.75) is 4.90 Å². The second kappa shape index (κ2) is 7.69. The Hall–Kier alpha value is -3.04. The third kappa shape index (κ3) is 4.72. The highest BCUT2D eigenvalue weighted by atomic mass is 32.2. The highest BCUT2D eigenvalue weighted by Crippen LogP contribution is 2.16. The van der Waals surface area contributed by atoms with Gasteiger partial charge in [0.1, 0.15) is 0 Å². The molecule has 0 bridgehead atoms. The van der Waals surface area contributed by atoms with Crippen LogP contribution in [0.5, 0.6) is 0 Å². The van der Waals surface area contributed by atoms with Gasteiger partial charge in [-0.3, -0.25) is 14.9 Å². The number of carbonyl (C=O) groups is 1. The number of sulfonamides is 1. The molecule has 0 saturated carbocycles. The summed E-state index contributed by atoms with van der Waals surface area (Å²) in [6.07, 6.45) is 1.43. The lowest BCUT2D eigenvalue weighted by Gasteiger charge is -2.08. The molecule has 130 valence electrons. The normalized spacial score (nSPS) is 10.9. The standard InChI is InChI=1S/C16H15N3O5S/c1-2-11-17-25(23,24)15-9-5-13(6-10-15)18-16(20)12-3-7-14(8-4-12)19(21)22/h2-10,17H,1,11H2,(H,18,20). The Morgan fingerprint density at radius 3 is 2.24 bits per heavy atom. The predicted octanol–water partition coefficient (Wildman–Crippen LogP) is 2.31. The van der Waals surface area contributed by atoms with E-state index in [9.17, 15) is 23.3 Å². The molecular formula is C16H15N3O5S. The lowest BCUT2D eigenvalue weighted by molar-refractivity contribution is -0.384. The molecule has 0 spiro atoms. The van der Waals surface area contributed by atoms with E-state index in [2.05, 4.69) is 16.6 Å². The number of benzene rings is 2. The van der Waals surface area contributed by atoms with E-state index in [4.69, 9.17) is 0 Å². The van der Waals surface area contributed by atoms with Crippen LogP contribution in [-0.4, -0.2) is 25.8 Å². The maximum absolute atomic E-state index is 12.1. The summed E-state index contributed by atoms with van der Waals surface area (Å²) >= 11 is 0. The number of amides is 1. The van der Waals surface area contributed by atoms with E-state index in [1.807, 2.05) is 0 Å². The third-order valence-corrected chi connectivity index (χ3v) is 4.62. The molecule has 2 rings (SSSR count). The summed E-state index contributed by atoms with van der Waals surface area (Å²) in [6, 6.07) is 10.8. The number of non-ortho nitro benzene ring substituents is 1. The second-order valence-corrected chi connectivity index (χ2v) is 6.69. The molecule has 0 aromatic heterocycles. The van der Waals surface area contributed by atoms with Crippen LogP contribution in [0.3, 0.4) is 0 Å². The molecule has 0 aliphatic carbocycles. The van der Waals surface area contributed by atoms with E-state index in [1.165, 1.54) is 54.6 Å². The quantitative estimate of drug-likeness (QED) is 0.446. The minimum atomic E-state index is -3.63. The van der Waals surface area contributed by atoms with Crippen molar-refractivity contribution in [2.24, 2.45) is 0 Å². The zero-order chi connectivity index (χ0) is 18.4. The van der Waals surface area contributed by atoms with Crippen molar-refractivity contribution >= 4 is 27.3 Å². The molecule has 0 fully saturated rings. The monoisotopic (exact) mass is 361 g/mol. The number of nitro benzene ring substituents is 1. The summed E-state index contributed by atoms with van der Waals surface area (Å²) in [7, 11) is -3.63. The number of nitrogens with zero attached hydrogens (tertiary/aromatic N) is 1. The number of hydrogen-bond acceptors (Lipinski definition) is 5. The molecule has 0 unspecified atom stereocenters. The lowest BCUT2D eigenvalue weighted by atomic mass is 10.2. The average molecular weight is 361 g/mol. The Kier molecular flexibility index (Phi) is 5.63. The molecule has 0 aliphatic rings. The van der Waals surface area contributed by atoms with Gasteiger partial charge in [-0.05, 0) is 36.4 Å². The minimum absolute atomic E-state index is 0.0580. The van der Waals surface area contributed by atoms with Crippen molar-refractivity contribution in [1.29, 1.82) is 0 Å². The number of hydrogen-bond donors (Lipinski definition) is 2. The number of anilines is 1. The summed E-state index contributed by atoms with van der Waals surface area (Å²) < 4.78 is 26.2. The Morgan fingerprint density at radius 1 is 1.12 bits per heavy atom. The molecule has 2 aromatic carbocycles. The third-order valence-electron chi connectivity index (χ3n) is 3.18. The Bertz CT molecular complexity index is 890. The van der Waals surface area contributed by atoms with Crippen LogP contribution in [0.15, 0.2) is 66.1 Å². The fraction of sp³-hybridized carbons (Fsp3) is 0.0625. The molecule has 0 aliphatic heterocycles. The zero-order valence-corrected chi connectivity index (χ0v) is 13.8. The summed E-state index contributed by atoms with van der Waals surface area (Å²) in [6.45, 7) is 3.55. The van der Waals surface area contributed by atoms with Gasteiger partial charge in [0.05, 0.1) is 9.82 Å². The minimum Gasteiger partial charge on any atom is -0.322 e. The van der Waals surface area contributed by atoms with Crippen LogP contribution in [0, 0.1) is 10.1 Å². The van der Waals surface area contributed by atoms with Gasteiger partial charge in [-0.15, -0.1) is 6.58 Å². The summed E-state index contributed by atoms with van der Waals surface area (Å²) in [4.78, 5) is 22.2. The van der Waals surface area contributed by atoms with Crippen molar-refractivity contribution in [1.82, 2.24) is 4.72 Å². The molecule has 9 heteroatoms. The summed E-state index contributed by atoms with van der Waals surface area (Å²) in [5.41, 5.74) is 0.527. The SMILES string of the molecule is C=CCNS(=O)(=O)c1ccc(NC(=O)c2ccc([N+](=O)[O-])cc2)cc1. The van der Waals surface area contributed by atoms with E-state index in [0.29, 0.717) is 5.69 Å². The highest BCUT2D eigenvalue weighted by molar-refractivity contribution is 7.89. The summed E-state index contributed by atoms with van der Waals surface area (Å²) in [5, 5.41) is 13.2. The van der Waals surface area contributed by atoms with Crippen LogP contribution in [0.2, 0.25) is 0 Å². The van der Waals surface area contributed by atoms with E-state index in [-0.39, 0.29) is 22.7 Å². The first-order valence-corrected chi connectivity index (χ1v) is 8.58. The number of nitro groups is 1. The largest absolute Gasteiger partial charge is 0.322 e. The van der Waals surface area contributed by atoms with Crippen LogP contribution < -0.4 is 10.0 Å². The Morgan fingerprint density at radius 2 is 1.72 bits per heavy atom. The number of nitrogens with one attached hydrogen (secondary N) is 2. The molecular weight excluding hydrogens is 346 g/mol. The summed E-state index contributed by atoms with van der Waals surface area (Å²) in [5.74, 6) is -0.463. The van der Waals surface area contributed by atoms with Crippen molar-refractivity contribution in [3.63, 3.8) is 0 Å². The van der Waals surface area contributed by atoms with Crippen LogP contribution in [0.25, 0.3) is 0 Å². The number of rotatable bonds is 7. The van der Waals surface area contributed by atoms with E-state index >= 15 is 0 Å². The second-order valence-electron chi connectivity index (χ2n) is 4.92. The molecule has 2 N–H and O–H groups in total. The molecule has 0 atom stereocenters. The van der Waals surface area contributed by atoms with Gasteiger partial charge in [0.25, 0.3) is 11.6 Å². The average Bonchev–Trinajstić information content (AvgIpc) is 2.60. The van der Waals surface area contributed by atoms with Gasteiger partial charge in [0.2, 0.25) is 10.0 Å². The maximum Gasteiger partial charge on any atom is 0.269 e. The van der Waals surface area contributed by atoms with Gasteiger partial charge in [-0.1, -0.05) is 6.08 Å². The smallest absolute Gasteiger partial charge is 0.269 e. The molecule has 2 aromatic rings. The maximum atomic E-state index is 12.1. The van der Waals surface area contributed by atoms with Crippen LogP contribution in [-0.2, 0) is 10.0 Å². The van der Waals surface area contributed by atoms with Crippen molar-refractivity contribution in [2.75, 3.05) is 11.9 Å². The first-order valence-electron chi connectivity index (χ1n) is 7.10. The van der Waals surface area contributed by atoms with E-state index in [1.54, 1.807) is 0 Å². The predicted molar refractivity (Wildman–Crippen MR) is 92.9 cm³/mol. The van der Waals surface area contributed by atoms with Gasteiger partial charge < -0.3 is 5.32 Å². The van der Waals surface area contributed by atoms with E-state index < -0.39 is 20.9 Å². The fourth-order valence-corrected chi connectivity index (χ4v) is 2.91. The van der Waals surface area contributed by atoms with Gasteiger partial charge >= 0.3 is 0 Å². The van der Waals surface area contributed by atoms with Crippen molar-refractivity contribution < 1.29 is 18.1 Å². The lowest BCUT2D eigenvalue weighted by Crippen LogP contribution is -2.23. The topological polar surface area (TPSA) is 118 Å². The number of carbonyl (C=O) groups excluding carboxylic acids is 1. The molecule has 0 heterocycles. The molecule has 1 amide bonds.